The van der Waals surface area contributed by atoms with Crippen LogP contribution in [-0.4, -0.2) is 43.0 Å². The van der Waals surface area contributed by atoms with Gasteiger partial charge >= 0.3 is 6.09 Å². The van der Waals surface area contributed by atoms with Crippen LogP contribution in [0.1, 0.15) is 31.4 Å². The first kappa shape index (κ1) is 30.7. The van der Waals surface area contributed by atoms with Crippen LogP contribution >= 0.6 is 15.9 Å². The van der Waals surface area contributed by atoms with Gasteiger partial charge in [-0.1, -0.05) is 52.3 Å². The van der Waals surface area contributed by atoms with Crippen molar-refractivity contribution in [2.45, 2.75) is 32.0 Å². The summed E-state index contributed by atoms with van der Waals surface area (Å²) in [6.45, 7) is 2.14. The van der Waals surface area contributed by atoms with Crippen molar-refractivity contribution >= 4 is 45.0 Å². The van der Waals surface area contributed by atoms with Crippen LogP contribution in [0.15, 0.2) is 89.4 Å². The van der Waals surface area contributed by atoms with Crippen molar-refractivity contribution in [1.29, 1.82) is 0 Å². The third-order valence-electron chi connectivity index (χ3n) is 5.72. The second kappa shape index (κ2) is 16.3. The van der Waals surface area contributed by atoms with Crippen LogP contribution in [0.3, 0.4) is 0 Å². The summed E-state index contributed by atoms with van der Waals surface area (Å²) in [5, 5.41) is 14.8. The molecule has 3 aromatic carbocycles. The van der Waals surface area contributed by atoms with Crippen molar-refractivity contribution in [2.75, 3.05) is 36.2 Å². The number of hydrogen-bond acceptors (Lipinski definition) is 7. The number of nitrogen functional groups attached to an aromatic ring is 1. The van der Waals surface area contributed by atoms with Gasteiger partial charge in [0.15, 0.2) is 6.10 Å². The van der Waals surface area contributed by atoms with Crippen molar-refractivity contribution in [3.05, 3.63) is 95.0 Å². The number of hydrogen-bond donors (Lipinski definition) is 4. The molecule has 0 spiro atoms. The van der Waals surface area contributed by atoms with E-state index < -0.39 is 18.3 Å². The Bertz CT molecular complexity index is 1270. The van der Waals surface area contributed by atoms with E-state index in [1.807, 2.05) is 25.1 Å². The molecule has 0 bridgehead atoms. The van der Waals surface area contributed by atoms with E-state index in [1.165, 1.54) is 6.08 Å². The molecule has 0 aromatic heterocycles. The summed E-state index contributed by atoms with van der Waals surface area (Å²) in [5.41, 5.74) is 8.07. The molecule has 2 amide bonds. The molecule has 0 unspecified atom stereocenters. The van der Waals surface area contributed by atoms with Gasteiger partial charge in [-0.15, -0.1) is 0 Å². The van der Waals surface area contributed by atoms with Gasteiger partial charge in [0.1, 0.15) is 12.4 Å². The quantitative estimate of drug-likeness (QED) is 0.128. The van der Waals surface area contributed by atoms with Crippen LogP contribution in [0.25, 0.3) is 0 Å². The first-order valence-corrected chi connectivity index (χ1v) is 13.7. The Balaban J connectivity index is 1.76. The minimum absolute atomic E-state index is 0.0813. The lowest BCUT2D eigenvalue weighted by molar-refractivity contribution is -0.111. The maximum atomic E-state index is 13.0. The van der Waals surface area contributed by atoms with Crippen molar-refractivity contribution in [3.63, 3.8) is 0 Å². The number of allylic oxidation sites excluding steroid dienone is 1. The highest BCUT2D eigenvalue weighted by molar-refractivity contribution is 9.10. The number of anilines is 3. The Morgan fingerprint density at radius 2 is 1.75 bits per heavy atom. The molecule has 0 aliphatic carbocycles. The number of carbonyl (C=O) groups excluding carboxylic acids is 2. The number of carbonyl (C=O) groups is 2. The van der Waals surface area contributed by atoms with E-state index in [0.717, 1.165) is 4.47 Å². The summed E-state index contributed by atoms with van der Waals surface area (Å²) in [4.78, 5) is 25.4. The summed E-state index contributed by atoms with van der Waals surface area (Å²) in [6.07, 6.45) is 2.02. The zero-order valence-electron chi connectivity index (χ0n) is 22.2. The lowest BCUT2D eigenvalue weighted by Gasteiger charge is -2.28. The molecule has 9 nitrogen and oxygen atoms in total. The highest BCUT2D eigenvalue weighted by Crippen LogP contribution is 2.34. The number of aliphatic hydroxyl groups is 1. The molecule has 212 valence electrons. The largest absolute Gasteiger partial charge is 0.491 e. The van der Waals surface area contributed by atoms with Crippen molar-refractivity contribution in [1.82, 2.24) is 0 Å². The number of nitrogens with one attached hydrogen (secondary N) is 2. The van der Waals surface area contributed by atoms with Gasteiger partial charge in [-0.3, -0.25) is 10.1 Å². The topological polar surface area (TPSA) is 132 Å². The van der Waals surface area contributed by atoms with Gasteiger partial charge in [0.05, 0.1) is 24.1 Å². The Hall–Kier alpha value is -3.86. The van der Waals surface area contributed by atoms with E-state index in [9.17, 15) is 14.7 Å². The van der Waals surface area contributed by atoms with E-state index in [0.29, 0.717) is 47.8 Å². The van der Waals surface area contributed by atoms with E-state index in [1.54, 1.807) is 60.7 Å². The summed E-state index contributed by atoms with van der Waals surface area (Å²) >= 11 is 3.38. The third kappa shape index (κ3) is 9.71. The lowest BCUT2D eigenvalue weighted by Crippen LogP contribution is -2.29. The molecule has 0 radical (unpaired) electrons. The number of para-hydroxylation sites is 3. The van der Waals surface area contributed by atoms with Gasteiger partial charge in [0.2, 0.25) is 5.91 Å². The minimum atomic E-state index is -0.836. The number of benzene rings is 3. The smallest absolute Gasteiger partial charge is 0.412 e. The van der Waals surface area contributed by atoms with Crippen molar-refractivity contribution in [2.24, 2.45) is 0 Å². The molecule has 0 saturated heterocycles. The average Bonchev–Trinajstić information content (AvgIpc) is 2.95. The molecule has 40 heavy (non-hydrogen) atoms. The van der Waals surface area contributed by atoms with Crippen molar-refractivity contribution < 1.29 is 28.9 Å². The summed E-state index contributed by atoms with van der Waals surface area (Å²) in [5.74, 6) is 0.161. The van der Waals surface area contributed by atoms with Crippen LogP contribution in [0.5, 0.6) is 5.75 Å². The van der Waals surface area contributed by atoms with Crippen LogP contribution in [0, 0.1) is 0 Å². The van der Waals surface area contributed by atoms with E-state index in [-0.39, 0.29) is 19.1 Å². The molecule has 0 heterocycles. The molecule has 3 aromatic rings. The first-order valence-electron chi connectivity index (χ1n) is 12.9. The lowest BCUT2D eigenvalue weighted by atomic mass is 9.99. The molecule has 0 aliphatic heterocycles. The van der Waals surface area contributed by atoms with E-state index >= 15 is 0 Å². The maximum Gasteiger partial charge on any atom is 0.412 e. The molecule has 0 aliphatic rings. The third-order valence-corrected chi connectivity index (χ3v) is 6.25. The Labute approximate surface area is 242 Å². The fourth-order valence-corrected chi connectivity index (χ4v) is 4.17. The molecule has 0 fully saturated rings. The normalized spacial score (nSPS) is 12.5. The summed E-state index contributed by atoms with van der Waals surface area (Å²) < 4.78 is 18.6. The maximum absolute atomic E-state index is 13.0. The monoisotopic (exact) mass is 611 g/mol. The van der Waals surface area contributed by atoms with Gasteiger partial charge < -0.3 is 30.4 Å². The highest BCUT2D eigenvalue weighted by atomic mass is 79.9. The number of nitrogens with two attached hydrogens (primary N) is 1. The molecule has 2 atom stereocenters. The van der Waals surface area contributed by atoms with Crippen LogP contribution in [-0.2, 0) is 14.3 Å². The SMILES string of the molecule is CCO[C@@H](CC/C=C/C(=O)Nc1ccccc1N)[C@@H](OC(=O)Nc1ccc(Br)cc1)c1ccccc1OCCO. The predicted molar refractivity (Wildman–Crippen MR) is 159 cm³/mol. The Kier molecular flexibility index (Phi) is 12.5. The summed E-state index contributed by atoms with van der Waals surface area (Å²) in [7, 11) is 0. The van der Waals surface area contributed by atoms with Gasteiger partial charge in [-0.2, -0.15) is 0 Å². The molecular formula is C30H34BrN3O6. The zero-order valence-corrected chi connectivity index (χ0v) is 23.8. The van der Waals surface area contributed by atoms with Gasteiger partial charge in [-0.25, -0.2) is 4.79 Å². The molecule has 3 rings (SSSR count). The molecule has 10 heteroatoms. The van der Waals surface area contributed by atoms with Crippen LogP contribution in [0.2, 0.25) is 0 Å². The highest BCUT2D eigenvalue weighted by Gasteiger charge is 2.30. The Morgan fingerprint density at radius 3 is 2.48 bits per heavy atom. The average molecular weight is 613 g/mol. The van der Waals surface area contributed by atoms with Crippen molar-refractivity contribution in [3.8, 4) is 5.75 Å². The fourth-order valence-electron chi connectivity index (χ4n) is 3.91. The number of ether oxygens (including phenoxy) is 3. The minimum Gasteiger partial charge on any atom is -0.491 e. The van der Waals surface area contributed by atoms with Gasteiger partial charge in [0.25, 0.3) is 0 Å². The molecular weight excluding hydrogens is 578 g/mol. The number of halogens is 1. The zero-order chi connectivity index (χ0) is 28.7. The fraction of sp³-hybridized carbons (Fsp3) is 0.267. The molecule has 0 saturated carbocycles. The Morgan fingerprint density at radius 1 is 1.02 bits per heavy atom. The van der Waals surface area contributed by atoms with E-state index in [2.05, 4.69) is 26.6 Å². The second-order valence-corrected chi connectivity index (χ2v) is 9.53. The van der Waals surface area contributed by atoms with Gasteiger partial charge in [-0.05, 0) is 68.3 Å². The number of rotatable bonds is 14. The van der Waals surface area contributed by atoms with Crippen LogP contribution in [0.4, 0.5) is 21.9 Å². The summed E-state index contributed by atoms with van der Waals surface area (Å²) in [6, 6.07) is 21.3. The second-order valence-electron chi connectivity index (χ2n) is 8.62. The van der Waals surface area contributed by atoms with Crippen LogP contribution < -0.4 is 21.1 Å². The number of aliphatic hydroxyl groups excluding tert-OH is 1. The van der Waals surface area contributed by atoms with Gasteiger partial charge in [0, 0.05) is 22.3 Å². The predicted octanol–water partition coefficient (Wildman–Crippen LogP) is 6.07. The first-order chi connectivity index (χ1) is 19.4. The molecule has 5 N–H and O–H groups in total. The standard InChI is InChI=1S/C30H34BrN3O6/c1-2-38-27(13-7-8-14-28(36)34-25-11-5-4-10-24(25)32)29(23-9-3-6-12-26(23)39-20-19-35)40-30(37)33-22-17-15-21(31)16-18-22/h3-6,8-12,14-18,27,29,35H,2,7,13,19-20,32H2,1H3,(H,33,37)(H,34,36)/b14-8+/t27-,29-/m0/s1. The number of amides is 2. The van der Waals surface area contributed by atoms with E-state index in [4.69, 9.17) is 19.9 Å².